The smallest absolute Gasteiger partial charge is 0.0375 e. The summed E-state index contributed by atoms with van der Waals surface area (Å²) in [6.45, 7) is 3.19. The van der Waals surface area contributed by atoms with E-state index in [0.29, 0.717) is 0 Å². The molecule has 1 saturated carbocycles. The van der Waals surface area contributed by atoms with Crippen LogP contribution in [0.3, 0.4) is 0 Å². The van der Waals surface area contributed by atoms with E-state index in [1.54, 1.807) is 0 Å². The third kappa shape index (κ3) is 3.96. The predicted octanol–water partition coefficient (Wildman–Crippen LogP) is 4.49. The minimum atomic E-state index is 0.0760. The quantitative estimate of drug-likeness (QED) is 0.884. The highest BCUT2D eigenvalue weighted by atomic mass is 79.9. The Kier molecular flexibility index (Phi) is 5.28. The summed E-state index contributed by atoms with van der Waals surface area (Å²) in [7, 11) is 2.20. The molecule has 0 spiro atoms. The lowest BCUT2D eigenvalue weighted by molar-refractivity contribution is 0.362. The first kappa shape index (κ1) is 14.9. The van der Waals surface area contributed by atoms with Gasteiger partial charge in [-0.15, -0.1) is 0 Å². The van der Waals surface area contributed by atoms with Crippen molar-refractivity contribution in [2.24, 2.45) is 11.7 Å². The second-order valence-electron chi connectivity index (χ2n) is 5.88. The van der Waals surface area contributed by atoms with Gasteiger partial charge in [0.2, 0.25) is 0 Å². The first-order valence-electron chi connectivity index (χ1n) is 7.34. The molecule has 106 valence electrons. The zero-order chi connectivity index (χ0) is 13.8. The van der Waals surface area contributed by atoms with Crippen LogP contribution in [0, 0.1) is 5.92 Å². The number of nitrogens with two attached hydrogens (primary N) is 1. The zero-order valence-corrected chi connectivity index (χ0v) is 13.6. The Morgan fingerprint density at radius 2 is 2.00 bits per heavy atom. The largest absolute Gasteiger partial charge is 0.374 e. The van der Waals surface area contributed by atoms with Crippen molar-refractivity contribution in [3.05, 3.63) is 28.2 Å². The average Bonchev–Trinajstić information content (AvgIpc) is 2.39. The standard InChI is InChI=1S/C16H25BrN2/c1-12(18)15-9-8-14(10-16(15)17)19(2)11-13-6-4-3-5-7-13/h8-10,12-13H,3-7,11,18H2,1-2H3/t12-/m1/s1. The number of rotatable bonds is 4. The SMILES string of the molecule is C[C@@H](N)c1ccc(N(C)CC2CCCCC2)cc1Br. The lowest BCUT2D eigenvalue weighted by Crippen LogP contribution is -2.26. The molecule has 0 bridgehead atoms. The summed E-state index contributed by atoms with van der Waals surface area (Å²) in [4.78, 5) is 2.38. The Morgan fingerprint density at radius 3 is 2.58 bits per heavy atom. The van der Waals surface area contributed by atoms with Crippen LogP contribution < -0.4 is 10.6 Å². The number of nitrogens with zero attached hydrogens (tertiary/aromatic N) is 1. The zero-order valence-electron chi connectivity index (χ0n) is 12.0. The van der Waals surface area contributed by atoms with E-state index in [0.717, 1.165) is 10.4 Å². The summed E-state index contributed by atoms with van der Waals surface area (Å²) >= 11 is 3.63. The summed E-state index contributed by atoms with van der Waals surface area (Å²) in [6, 6.07) is 6.60. The molecule has 3 heteroatoms. The number of hydrogen-bond donors (Lipinski definition) is 1. The average molecular weight is 325 g/mol. The molecule has 2 nitrogen and oxygen atoms in total. The van der Waals surface area contributed by atoms with Gasteiger partial charge in [-0.3, -0.25) is 0 Å². The van der Waals surface area contributed by atoms with Gasteiger partial charge in [-0.25, -0.2) is 0 Å². The van der Waals surface area contributed by atoms with Crippen LogP contribution >= 0.6 is 15.9 Å². The molecule has 1 aromatic rings. The summed E-state index contributed by atoms with van der Waals surface area (Å²) in [6.07, 6.45) is 7.03. The third-order valence-corrected chi connectivity index (χ3v) is 4.86. The fraction of sp³-hybridized carbons (Fsp3) is 0.625. The minimum Gasteiger partial charge on any atom is -0.374 e. The number of halogens is 1. The van der Waals surface area contributed by atoms with Crippen molar-refractivity contribution in [3.8, 4) is 0 Å². The van der Waals surface area contributed by atoms with E-state index in [9.17, 15) is 0 Å². The maximum absolute atomic E-state index is 5.95. The maximum Gasteiger partial charge on any atom is 0.0375 e. The van der Waals surface area contributed by atoms with Gasteiger partial charge in [0.25, 0.3) is 0 Å². The first-order valence-corrected chi connectivity index (χ1v) is 8.13. The molecular weight excluding hydrogens is 300 g/mol. The second-order valence-corrected chi connectivity index (χ2v) is 6.73. The highest BCUT2D eigenvalue weighted by molar-refractivity contribution is 9.10. The normalized spacial score (nSPS) is 18.3. The molecule has 0 aromatic heterocycles. The molecule has 1 fully saturated rings. The Hall–Kier alpha value is -0.540. The first-order chi connectivity index (χ1) is 9.08. The van der Waals surface area contributed by atoms with Crippen LogP contribution in [-0.2, 0) is 0 Å². The summed E-state index contributed by atoms with van der Waals surface area (Å²) in [5.74, 6) is 0.866. The summed E-state index contributed by atoms with van der Waals surface area (Å²) < 4.78 is 1.12. The van der Waals surface area contributed by atoms with Gasteiger partial charge in [0.15, 0.2) is 0 Å². The third-order valence-electron chi connectivity index (χ3n) is 4.17. The highest BCUT2D eigenvalue weighted by Crippen LogP contribution is 2.29. The monoisotopic (exact) mass is 324 g/mol. The minimum absolute atomic E-state index is 0.0760. The Balaban J connectivity index is 2.02. The van der Waals surface area contributed by atoms with E-state index in [1.165, 1.54) is 49.9 Å². The van der Waals surface area contributed by atoms with Crippen molar-refractivity contribution in [2.45, 2.75) is 45.1 Å². The van der Waals surface area contributed by atoms with E-state index < -0.39 is 0 Å². The lowest BCUT2D eigenvalue weighted by atomic mass is 9.89. The van der Waals surface area contributed by atoms with Crippen LogP contribution in [-0.4, -0.2) is 13.6 Å². The van der Waals surface area contributed by atoms with Crippen molar-refractivity contribution >= 4 is 21.6 Å². The van der Waals surface area contributed by atoms with E-state index in [4.69, 9.17) is 5.73 Å². The molecular formula is C16H25BrN2. The number of anilines is 1. The van der Waals surface area contributed by atoms with Gasteiger partial charge in [-0.05, 0) is 43.4 Å². The van der Waals surface area contributed by atoms with Gasteiger partial charge in [-0.2, -0.15) is 0 Å². The Labute approximate surface area is 125 Å². The topological polar surface area (TPSA) is 29.3 Å². The molecule has 2 N–H and O–H groups in total. The summed E-state index contributed by atoms with van der Waals surface area (Å²) in [5, 5.41) is 0. The van der Waals surface area contributed by atoms with Gasteiger partial charge in [0.05, 0.1) is 0 Å². The molecule has 19 heavy (non-hydrogen) atoms. The van der Waals surface area contributed by atoms with Crippen molar-refractivity contribution in [3.63, 3.8) is 0 Å². The summed E-state index contributed by atoms with van der Waals surface area (Å²) in [5.41, 5.74) is 8.40. The molecule has 1 aliphatic rings. The van der Waals surface area contributed by atoms with Gasteiger partial charge in [0, 0.05) is 29.8 Å². The molecule has 0 heterocycles. The van der Waals surface area contributed by atoms with Crippen LogP contribution in [0.15, 0.2) is 22.7 Å². The molecule has 0 amide bonds. The highest BCUT2D eigenvalue weighted by Gasteiger charge is 2.16. The fourth-order valence-corrected chi connectivity index (χ4v) is 3.71. The van der Waals surface area contributed by atoms with Crippen LogP contribution in [0.4, 0.5) is 5.69 Å². The van der Waals surface area contributed by atoms with Crippen LogP contribution in [0.5, 0.6) is 0 Å². The molecule has 0 radical (unpaired) electrons. The van der Waals surface area contributed by atoms with Crippen LogP contribution in [0.25, 0.3) is 0 Å². The van der Waals surface area contributed by atoms with Crippen LogP contribution in [0.1, 0.15) is 50.6 Å². The van der Waals surface area contributed by atoms with Gasteiger partial charge >= 0.3 is 0 Å². The van der Waals surface area contributed by atoms with Crippen molar-refractivity contribution in [1.82, 2.24) is 0 Å². The Bertz CT molecular complexity index is 411. The maximum atomic E-state index is 5.95. The number of hydrogen-bond acceptors (Lipinski definition) is 2. The molecule has 1 aromatic carbocycles. The molecule has 1 atom stereocenters. The van der Waals surface area contributed by atoms with E-state index in [1.807, 2.05) is 6.92 Å². The van der Waals surface area contributed by atoms with E-state index >= 15 is 0 Å². The predicted molar refractivity (Wildman–Crippen MR) is 86.6 cm³/mol. The number of benzene rings is 1. The van der Waals surface area contributed by atoms with Crippen molar-refractivity contribution < 1.29 is 0 Å². The van der Waals surface area contributed by atoms with Crippen molar-refractivity contribution in [2.75, 3.05) is 18.5 Å². The lowest BCUT2D eigenvalue weighted by Gasteiger charge is -2.28. The molecule has 0 unspecified atom stereocenters. The van der Waals surface area contributed by atoms with Gasteiger partial charge < -0.3 is 10.6 Å². The fourth-order valence-electron chi connectivity index (χ4n) is 2.99. The Morgan fingerprint density at radius 1 is 1.32 bits per heavy atom. The van der Waals surface area contributed by atoms with Crippen LogP contribution in [0.2, 0.25) is 0 Å². The molecule has 0 aliphatic heterocycles. The van der Waals surface area contributed by atoms with E-state index in [2.05, 4.69) is 46.1 Å². The second kappa shape index (κ2) is 6.76. The van der Waals surface area contributed by atoms with E-state index in [-0.39, 0.29) is 6.04 Å². The molecule has 1 aliphatic carbocycles. The van der Waals surface area contributed by atoms with Crippen molar-refractivity contribution in [1.29, 1.82) is 0 Å². The van der Waals surface area contributed by atoms with Gasteiger partial charge in [-0.1, -0.05) is 41.3 Å². The molecule has 2 rings (SSSR count). The molecule has 0 saturated heterocycles. The van der Waals surface area contributed by atoms with Gasteiger partial charge in [0.1, 0.15) is 0 Å².